The number of esters is 1. The quantitative estimate of drug-likeness (QED) is 0.851. The standard InChI is InChI=1S/C18H25N3O4/c1-12-10-21(11-18(12,3)16(23)25-5)17(24)19-14-7-6-8-15(9-14)20(4)13(2)22/h6-9,12H,10-11H2,1-5H3,(H,19,24)/t12-,18-/m1/s1. The number of benzene rings is 1. The van der Waals surface area contributed by atoms with Crippen LogP contribution in [0.2, 0.25) is 0 Å². The number of carbonyl (C=O) groups excluding carboxylic acids is 3. The molecule has 0 aromatic heterocycles. The minimum Gasteiger partial charge on any atom is -0.469 e. The summed E-state index contributed by atoms with van der Waals surface area (Å²) in [5, 5.41) is 2.83. The maximum Gasteiger partial charge on any atom is 0.321 e. The number of methoxy groups -OCH3 is 1. The van der Waals surface area contributed by atoms with Gasteiger partial charge in [-0.3, -0.25) is 9.59 Å². The maximum atomic E-state index is 12.6. The van der Waals surface area contributed by atoms with E-state index in [1.165, 1.54) is 18.9 Å². The van der Waals surface area contributed by atoms with Crippen LogP contribution in [0.5, 0.6) is 0 Å². The summed E-state index contributed by atoms with van der Waals surface area (Å²) in [4.78, 5) is 39.2. The Bertz CT molecular complexity index is 691. The van der Waals surface area contributed by atoms with E-state index in [0.29, 0.717) is 24.5 Å². The number of urea groups is 1. The number of carbonyl (C=O) groups is 3. The van der Waals surface area contributed by atoms with Crippen LogP contribution in [0.3, 0.4) is 0 Å². The van der Waals surface area contributed by atoms with Gasteiger partial charge in [-0.25, -0.2) is 4.79 Å². The third kappa shape index (κ3) is 3.75. The van der Waals surface area contributed by atoms with Crippen molar-refractivity contribution in [3.63, 3.8) is 0 Å². The first-order valence-corrected chi connectivity index (χ1v) is 8.17. The first kappa shape index (κ1) is 18.8. The van der Waals surface area contributed by atoms with Gasteiger partial charge in [0.15, 0.2) is 0 Å². The van der Waals surface area contributed by atoms with E-state index in [4.69, 9.17) is 4.74 Å². The van der Waals surface area contributed by atoms with Crippen LogP contribution in [0.4, 0.5) is 16.2 Å². The molecule has 3 amide bonds. The van der Waals surface area contributed by atoms with E-state index in [2.05, 4.69) is 5.32 Å². The van der Waals surface area contributed by atoms with E-state index in [0.717, 1.165) is 0 Å². The van der Waals surface area contributed by atoms with Crippen LogP contribution >= 0.6 is 0 Å². The first-order valence-electron chi connectivity index (χ1n) is 8.17. The zero-order chi connectivity index (χ0) is 18.8. The number of hydrogen-bond acceptors (Lipinski definition) is 4. The number of nitrogens with zero attached hydrogens (tertiary/aromatic N) is 2. The summed E-state index contributed by atoms with van der Waals surface area (Å²) >= 11 is 0. The van der Waals surface area contributed by atoms with Crippen molar-refractivity contribution in [1.29, 1.82) is 0 Å². The van der Waals surface area contributed by atoms with E-state index in [9.17, 15) is 14.4 Å². The topological polar surface area (TPSA) is 79.0 Å². The molecular formula is C18H25N3O4. The Kier molecular flexibility index (Phi) is 5.35. The number of nitrogens with one attached hydrogen (secondary N) is 1. The number of amides is 3. The summed E-state index contributed by atoms with van der Waals surface area (Å²) in [6.45, 7) is 6.01. The van der Waals surface area contributed by atoms with Crippen molar-refractivity contribution < 1.29 is 19.1 Å². The highest BCUT2D eigenvalue weighted by atomic mass is 16.5. The lowest BCUT2D eigenvalue weighted by Gasteiger charge is -2.24. The summed E-state index contributed by atoms with van der Waals surface area (Å²) in [5.74, 6) is -0.396. The lowest BCUT2D eigenvalue weighted by Crippen LogP contribution is -2.38. The van der Waals surface area contributed by atoms with Gasteiger partial charge in [0.2, 0.25) is 5.91 Å². The van der Waals surface area contributed by atoms with Crippen LogP contribution in [-0.2, 0) is 14.3 Å². The van der Waals surface area contributed by atoms with Crippen LogP contribution in [0, 0.1) is 11.3 Å². The molecule has 1 aliphatic heterocycles. The van der Waals surface area contributed by atoms with Gasteiger partial charge in [-0.1, -0.05) is 13.0 Å². The molecule has 0 saturated carbocycles. The molecule has 2 rings (SSSR count). The van der Waals surface area contributed by atoms with Gasteiger partial charge in [0, 0.05) is 38.4 Å². The van der Waals surface area contributed by atoms with Crippen LogP contribution in [-0.4, -0.2) is 50.1 Å². The predicted octanol–water partition coefficient (Wildman–Crippen LogP) is 2.33. The molecule has 25 heavy (non-hydrogen) atoms. The Hall–Kier alpha value is -2.57. The van der Waals surface area contributed by atoms with Crippen molar-refractivity contribution in [2.45, 2.75) is 20.8 Å². The predicted molar refractivity (Wildman–Crippen MR) is 95.4 cm³/mol. The van der Waals surface area contributed by atoms with E-state index in [1.54, 1.807) is 36.2 Å². The Labute approximate surface area is 147 Å². The number of hydrogen-bond donors (Lipinski definition) is 1. The molecule has 0 radical (unpaired) electrons. The van der Waals surface area contributed by atoms with Gasteiger partial charge in [0.05, 0.1) is 12.5 Å². The summed E-state index contributed by atoms with van der Waals surface area (Å²) in [6, 6.07) is 6.79. The number of likely N-dealkylation sites (tertiary alicyclic amines) is 1. The first-order chi connectivity index (χ1) is 11.7. The average Bonchev–Trinajstić information content (AvgIpc) is 2.90. The molecule has 136 valence electrons. The van der Waals surface area contributed by atoms with Gasteiger partial charge in [0.1, 0.15) is 0 Å². The van der Waals surface area contributed by atoms with Crippen molar-refractivity contribution in [2.75, 3.05) is 37.5 Å². The fourth-order valence-electron chi connectivity index (χ4n) is 2.98. The summed E-state index contributed by atoms with van der Waals surface area (Å²) < 4.78 is 4.88. The molecule has 0 bridgehead atoms. The second-order valence-electron chi connectivity index (χ2n) is 6.75. The fourth-order valence-corrected chi connectivity index (χ4v) is 2.98. The van der Waals surface area contributed by atoms with Gasteiger partial charge >= 0.3 is 12.0 Å². The maximum absolute atomic E-state index is 12.6. The third-order valence-corrected chi connectivity index (χ3v) is 5.00. The molecule has 1 fully saturated rings. The molecule has 1 heterocycles. The van der Waals surface area contributed by atoms with Gasteiger partial charge < -0.3 is 19.9 Å². The number of ether oxygens (including phenoxy) is 1. The van der Waals surface area contributed by atoms with Crippen molar-refractivity contribution in [1.82, 2.24) is 4.90 Å². The normalized spacial score (nSPS) is 22.4. The molecule has 0 aliphatic carbocycles. The second kappa shape index (κ2) is 7.13. The number of anilines is 2. The van der Waals surface area contributed by atoms with Gasteiger partial charge in [-0.05, 0) is 31.0 Å². The van der Waals surface area contributed by atoms with Crippen molar-refractivity contribution in [2.24, 2.45) is 11.3 Å². The average molecular weight is 347 g/mol. The molecule has 0 unspecified atom stereocenters. The van der Waals surface area contributed by atoms with Crippen molar-refractivity contribution in [3.05, 3.63) is 24.3 Å². The molecule has 1 saturated heterocycles. The van der Waals surface area contributed by atoms with E-state index < -0.39 is 5.41 Å². The molecule has 1 N–H and O–H groups in total. The lowest BCUT2D eigenvalue weighted by molar-refractivity contribution is -0.152. The molecule has 7 nitrogen and oxygen atoms in total. The summed E-state index contributed by atoms with van der Waals surface area (Å²) in [5.41, 5.74) is 0.581. The Morgan fingerprint density at radius 1 is 1.36 bits per heavy atom. The molecule has 1 aliphatic rings. The molecule has 1 aromatic carbocycles. The largest absolute Gasteiger partial charge is 0.469 e. The molecule has 1 aromatic rings. The zero-order valence-electron chi connectivity index (χ0n) is 15.3. The van der Waals surface area contributed by atoms with E-state index >= 15 is 0 Å². The smallest absolute Gasteiger partial charge is 0.321 e. The fraction of sp³-hybridized carbons (Fsp3) is 0.500. The van der Waals surface area contributed by atoms with Crippen molar-refractivity contribution >= 4 is 29.3 Å². The van der Waals surface area contributed by atoms with E-state index in [1.807, 2.05) is 13.8 Å². The van der Waals surface area contributed by atoms with Crippen LogP contribution in [0.1, 0.15) is 20.8 Å². The molecule has 0 spiro atoms. The van der Waals surface area contributed by atoms with E-state index in [-0.39, 0.29) is 23.8 Å². The van der Waals surface area contributed by atoms with Crippen molar-refractivity contribution in [3.8, 4) is 0 Å². The second-order valence-corrected chi connectivity index (χ2v) is 6.75. The van der Waals surface area contributed by atoms with Gasteiger partial charge in [-0.15, -0.1) is 0 Å². The van der Waals surface area contributed by atoms with Gasteiger partial charge in [0.25, 0.3) is 0 Å². The van der Waals surface area contributed by atoms with Gasteiger partial charge in [-0.2, -0.15) is 0 Å². The highest BCUT2D eigenvalue weighted by Gasteiger charge is 2.48. The minimum absolute atomic E-state index is 0.000815. The molecule has 2 atom stereocenters. The summed E-state index contributed by atoms with van der Waals surface area (Å²) in [6.07, 6.45) is 0. The molecular weight excluding hydrogens is 322 g/mol. The number of rotatable bonds is 3. The van der Waals surface area contributed by atoms with Crippen LogP contribution in [0.15, 0.2) is 24.3 Å². The molecule has 7 heteroatoms. The monoisotopic (exact) mass is 347 g/mol. The lowest BCUT2D eigenvalue weighted by atomic mass is 9.81. The highest BCUT2D eigenvalue weighted by molar-refractivity contribution is 5.94. The Morgan fingerprint density at radius 2 is 2.04 bits per heavy atom. The minimum atomic E-state index is -0.706. The SMILES string of the molecule is COC(=O)[C@]1(C)CN(C(=O)Nc2cccc(N(C)C(C)=O)c2)C[C@H]1C. The zero-order valence-corrected chi connectivity index (χ0v) is 15.3. The Balaban J connectivity index is 2.10. The summed E-state index contributed by atoms with van der Waals surface area (Å²) in [7, 11) is 3.03. The highest BCUT2D eigenvalue weighted by Crippen LogP contribution is 2.36. The van der Waals surface area contributed by atoms with Crippen LogP contribution < -0.4 is 10.2 Å². The van der Waals surface area contributed by atoms with Crippen LogP contribution in [0.25, 0.3) is 0 Å². The Morgan fingerprint density at radius 3 is 2.64 bits per heavy atom. The third-order valence-electron chi connectivity index (χ3n) is 5.00.